The molecule has 0 aliphatic rings. The molecule has 128 valence electrons. The van der Waals surface area contributed by atoms with Gasteiger partial charge in [-0.15, -0.1) is 11.3 Å². The van der Waals surface area contributed by atoms with E-state index in [0.29, 0.717) is 18.3 Å². The Morgan fingerprint density at radius 2 is 2.21 bits per heavy atom. The molecular formula is C17H21N3O3S. The van der Waals surface area contributed by atoms with Crippen molar-refractivity contribution in [2.24, 2.45) is 0 Å². The Bertz CT molecular complexity index is 695. The van der Waals surface area contributed by atoms with Gasteiger partial charge in [0.25, 0.3) is 0 Å². The molecule has 0 radical (unpaired) electrons. The molecule has 0 atom stereocenters. The van der Waals surface area contributed by atoms with Crippen LogP contribution in [0.5, 0.6) is 0 Å². The van der Waals surface area contributed by atoms with Gasteiger partial charge in [0.15, 0.2) is 0 Å². The van der Waals surface area contributed by atoms with E-state index in [-0.39, 0.29) is 0 Å². The minimum absolute atomic E-state index is 0.673. The normalized spacial score (nSPS) is 11.4. The monoisotopic (exact) mass is 347 g/mol. The zero-order chi connectivity index (χ0) is 16.6. The molecule has 0 fully saturated rings. The Morgan fingerprint density at radius 3 is 2.96 bits per heavy atom. The molecule has 0 N–H and O–H groups in total. The lowest BCUT2D eigenvalue weighted by molar-refractivity contribution is 0.138. The molecule has 0 aromatic carbocycles. The molecule has 7 heteroatoms. The lowest BCUT2D eigenvalue weighted by Crippen LogP contribution is -2.28. The number of furan rings is 1. The Hall–Kier alpha value is -1.96. The zero-order valence-electron chi connectivity index (χ0n) is 13.7. The number of rotatable bonds is 10. The fourth-order valence-electron chi connectivity index (χ4n) is 2.43. The number of ether oxygens (including phenoxy) is 1. The predicted molar refractivity (Wildman–Crippen MR) is 91.8 cm³/mol. The van der Waals surface area contributed by atoms with E-state index in [1.165, 1.54) is 0 Å². The van der Waals surface area contributed by atoms with E-state index in [0.717, 1.165) is 43.1 Å². The van der Waals surface area contributed by atoms with Crippen LogP contribution in [0.15, 0.2) is 44.8 Å². The van der Waals surface area contributed by atoms with Crippen molar-refractivity contribution >= 4 is 11.3 Å². The lowest BCUT2D eigenvalue weighted by atomic mass is 10.2. The fraction of sp³-hybridized carbons (Fsp3) is 0.412. The Kier molecular flexibility index (Phi) is 6.17. The van der Waals surface area contributed by atoms with Gasteiger partial charge in [0.2, 0.25) is 11.7 Å². The van der Waals surface area contributed by atoms with Crippen LogP contribution in [0.1, 0.15) is 18.1 Å². The Labute approximate surface area is 145 Å². The highest BCUT2D eigenvalue weighted by Crippen LogP contribution is 2.21. The van der Waals surface area contributed by atoms with Crippen LogP contribution < -0.4 is 0 Å². The van der Waals surface area contributed by atoms with Gasteiger partial charge in [-0.05, 0) is 36.5 Å². The molecule has 0 aliphatic heterocycles. The Balaban J connectivity index is 1.49. The van der Waals surface area contributed by atoms with Gasteiger partial charge in [-0.2, -0.15) is 4.98 Å². The molecule has 6 nitrogen and oxygen atoms in total. The van der Waals surface area contributed by atoms with Crippen molar-refractivity contribution in [3.63, 3.8) is 0 Å². The van der Waals surface area contributed by atoms with Gasteiger partial charge in [-0.1, -0.05) is 11.2 Å². The molecular weight excluding hydrogens is 326 g/mol. The maximum atomic E-state index is 5.43. The number of thiophene rings is 1. The molecule has 3 aromatic heterocycles. The summed E-state index contributed by atoms with van der Waals surface area (Å²) >= 11 is 1.61. The highest BCUT2D eigenvalue weighted by molar-refractivity contribution is 7.13. The summed E-state index contributed by atoms with van der Waals surface area (Å²) in [6, 6.07) is 7.88. The number of aromatic nitrogens is 2. The molecule has 0 aliphatic carbocycles. The summed E-state index contributed by atoms with van der Waals surface area (Å²) in [7, 11) is 1.72. The summed E-state index contributed by atoms with van der Waals surface area (Å²) in [6.45, 7) is 3.26. The van der Waals surface area contributed by atoms with Gasteiger partial charge in [0.05, 0.1) is 24.3 Å². The summed E-state index contributed by atoms with van der Waals surface area (Å²) in [5, 5.41) is 6.05. The molecule has 3 rings (SSSR count). The number of methoxy groups -OCH3 is 1. The number of hydrogen-bond acceptors (Lipinski definition) is 7. The van der Waals surface area contributed by atoms with Crippen LogP contribution in [-0.4, -0.2) is 41.8 Å². The largest absolute Gasteiger partial charge is 0.468 e. The second kappa shape index (κ2) is 8.77. The molecule has 0 bridgehead atoms. The van der Waals surface area contributed by atoms with E-state index in [1.54, 1.807) is 24.7 Å². The second-order valence-corrected chi connectivity index (χ2v) is 6.39. The molecule has 0 saturated heterocycles. The highest BCUT2D eigenvalue weighted by atomic mass is 32.1. The summed E-state index contributed by atoms with van der Waals surface area (Å²) in [5.41, 5.74) is 0. The third-order valence-corrected chi connectivity index (χ3v) is 4.51. The first-order valence-electron chi connectivity index (χ1n) is 7.95. The van der Waals surface area contributed by atoms with Crippen LogP contribution in [0, 0.1) is 0 Å². The first-order chi connectivity index (χ1) is 11.8. The van der Waals surface area contributed by atoms with Crippen LogP contribution in [0.2, 0.25) is 0 Å². The fourth-order valence-corrected chi connectivity index (χ4v) is 3.08. The van der Waals surface area contributed by atoms with E-state index in [4.69, 9.17) is 13.7 Å². The van der Waals surface area contributed by atoms with Crippen molar-refractivity contribution in [2.45, 2.75) is 19.4 Å². The van der Waals surface area contributed by atoms with Crippen molar-refractivity contribution in [1.82, 2.24) is 15.0 Å². The van der Waals surface area contributed by atoms with Gasteiger partial charge in [-0.3, -0.25) is 4.90 Å². The minimum Gasteiger partial charge on any atom is -0.468 e. The maximum absolute atomic E-state index is 5.43. The SMILES string of the molecule is COCCN(CCCc1nc(-c2cccs2)no1)Cc1ccco1. The average molecular weight is 347 g/mol. The van der Waals surface area contributed by atoms with E-state index >= 15 is 0 Å². The van der Waals surface area contributed by atoms with E-state index in [2.05, 4.69) is 15.0 Å². The predicted octanol–water partition coefficient (Wildman–Crippen LogP) is 3.47. The van der Waals surface area contributed by atoms with Gasteiger partial charge in [0, 0.05) is 20.1 Å². The van der Waals surface area contributed by atoms with Crippen molar-refractivity contribution in [3.05, 3.63) is 47.6 Å². The molecule has 24 heavy (non-hydrogen) atoms. The zero-order valence-corrected chi connectivity index (χ0v) is 14.5. The third-order valence-electron chi connectivity index (χ3n) is 3.65. The molecule has 0 spiro atoms. The first kappa shape index (κ1) is 16.9. The lowest BCUT2D eigenvalue weighted by Gasteiger charge is -2.20. The van der Waals surface area contributed by atoms with Crippen LogP contribution in [0.25, 0.3) is 10.7 Å². The third kappa shape index (κ3) is 4.77. The molecule has 0 unspecified atom stereocenters. The molecule has 3 aromatic rings. The Morgan fingerprint density at radius 1 is 1.25 bits per heavy atom. The van der Waals surface area contributed by atoms with E-state index < -0.39 is 0 Å². The topological polar surface area (TPSA) is 64.5 Å². The van der Waals surface area contributed by atoms with Gasteiger partial charge in [-0.25, -0.2) is 0 Å². The second-order valence-electron chi connectivity index (χ2n) is 5.44. The maximum Gasteiger partial charge on any atom is 0.227 e. The standard InChI is InChI=1S/C17H21N3O3S/c1-21-11-9-20(13-14-5-3-10-22-14)8-2-7-16-18-17(19-23-16)15-6-4-12-24-15/h3-6,10,12H,2,7-9,11,13H2,1H3. The van der Waals surface area contributed by atoms with E-state index in [1.807, 2.05) is 29.6 Å². The number of nitrogens with zero attached hydrogens (tertiary/aromatic N) is 3. The molecule has 3 heterocycles. The van der Waals surface area contributed by atoms with Crippen LogP contribution in [0.3, 0.4) is 0 Å². The first-order valence-corrected chi connectivity index (χ1v) is 8.83. The van der Waals surface area contributed by atoms with Crippen molar-refractivity contribution in [2.75, 3.05) is 26.8 Å². The van der Waals surface area contributed by atoms with Crippen LogP contribution in [-0.2, 0) is 17.7 Å². The van der Waals surface area contributed by atoms with Crippen LogP contribution in [0.4, 0.5) is 0 Å². The summed E-state index contributed by atoms with van der Waals surface area (Å²) in [6.07, 6.45) is 3.41. The van der Waals surface area contributed by atoms with E-state index in [9.17, 15) is 0 Å². The number of aryl methyl sites for hydroxylation is 1. The minimum atomic E-state index is 0.673. The van der Waals surface area contributed by atoms with Crippen LogP contribution >= 0.6 is 11.3 Å². The van der Waals surface area contributed by atoms with Crippen molar-refractivity contribution < 1.29 is 13.7 Å². The van der Waals surface area contributed by atoms with Gasteiger partial charge in [0.1, 0.15) is 5.76 Å². The van der Waals surface area contributed by atoms with Gasteiger partial charge >= 0.3 is 0 Å². The quantitative estimate of drug-likeness (QED) is 0.559. The van der Waals surface area contributed by atoms with Crippen molar-refractivity contribution in [1.29, 1.82) is 0 Å². The molecule has 0 amide bonds. The molecule has 0 saturated carbocycles. The summed E-state index contributed by atoms with van der Waals surface area (Å²) in [5.74, 6) is 2.32. The number of hydrogen-bond donors (Lipinski definition) is 0. The van der Waals surface area contributed by atoms with Gasteiger partial charge < -0.3 is 13.7 Å². The highest BCUT2D eigenvalue weighted by Gasteiger charge is 2.11. The van der Waals surface area contributed by atoms with Crippen molar-refractivity contribution in [3.8, 4) is 10.7 Å². The smallest absolute Gasteiger partial charge is 0.227 e. The summed E-state index contributed by atoms with van der Waals surface area (Å²) in [4.78, 5) is 7.79. The average Bonchev–Trinajstić information content (AvgIpc) is 3.33. The summed E-state index contributed by atoms with van der Waals surface area (Å²) < 4.78 is 16.0.